The van der Waals surface area contributed by atoms with Gasteiger partial charge in [-0.3, -0.25) is 9.59 Å². The molecule has 3 aromatic rings. The molecule has 0 bridgehead atoms. The van der Waals surface area contributed by atoms with E-state index in [9.17, 15) is 9.59 Å². The zero-order chi connectivity index (χ0) is 22.9. The Hall–Kier alpha value is -3.55. The minimum Gasteiger partial charge on any atom is -0.492 e. The average molecular weight is 439 g/mol. The van der Waals surface area contributed by atoms with E-state index in [2.05, 4.69) is 9.97 Å². The Bertz CT molecular complexity index is 1050. The predicted molar refractivity (Wildman–Crippen MR) is 124 cm³/mol. The minimum absolute atomic E-state index is 0.00534. The number of pyridine rings is 1. The molecule has 32 heavy (non-hydrogen) atoms. The molecule has 0 fully saturated rings. The van der Waals surface area contributed by atoms with Gasteiger partial charge in [-0.25, -0.2) is 4.98 Å². The molecule has 0 aliphatic rings. The van der Waals surface area contributed by atoms with Gasteiger partial charge < -0.3 is 23.9 Å². The maximum absolute atomic E-state index is 12.2. The van der Waals surface area contributed by atoms with Gasteiger partial charge in [-0.05, 0) is 57.2 Å². The summed E-state index contributed by atoms with van der Waals surface area (Å²) in [7, 11) is 0. The fourth-order valence-electron chi connectivity index (χ4n) is 3.45. The first-order chi connectivity index (χ1) is 15.5. The third kappa shape index (κ3) is 5.78. The van der Waals surface area contributed by atoms with Crippen LogP contribution in [0, 0.1) is 0 Å². The largest absolute Gasteiger partial charge is 0.492 e. The third-order valence-corrected chi connectivity index (χ3v) is 5.27. The molecule has 0 atom stereocenters. The molecule has 0 spiro atoms. The van der Waals surface area contributed by atoms with Crippen molar-refractivity contribution in [2.75, 3.05) is 37.7 Å². The Morgan fingerprint density at radius 2 is 1.84 bits per heavy atom. The summed E-state index contributed by atoms with van der Waals surface area (Å²) in [6.45, 7) is 9.00. The number of oxazole rings is 1. The zero-order valence-corrected chi connectivity index (χ0v) is 18.8. The van der Waals surface area contributed by atoms with Crippen LogP contribution in [0.25, 0.3) is 11.3 Å². The Morgan fingerprint density at radius 3 is 2.50 bits per heavy atom. The van der Waals surface area contributed by atoms with Gasteiger partial charge in [0.25, 0.3) is 5.56 Å². The molecule has 0 saturated heterocycles. The van der Waals surface area contributed by atoms with E-state index in [0.717, 1.165) is 11.3 Å². The number of likely N-dealkylation sites (N-methyl/N-ethyl adjacent to an activating group) is 2. The Labute approximate surface area is 187 Å². The van der Waals surface area contributed by atoms with E-state index in [1.807, 2.05) is 56.0 Å². The van der Waals surface area contributed by atoms with Crippen molar-refractivity contribution in [2.45, 2.75) is 27.2 Å². The molecule has 1 amide bonds. The highest BCUT2D eigenvalue weighted by Crippen LogP contribution is 2.22. The highest BCUT2D eigenvalue weighted by Gasteiger charge is 2.15. The van der Waals surface area contributed by atoms with E-state index in [1.165, 1.54) is 0 Å². The number of nitrogens with one attached hydrogen (secondary N) is 1. The number of aromatic amines is 1. The van der Waals surface area contributed by atoms with Crippen LogP contribution < -0.4 is 15.2 Å². The summed E-state index contributed by atoms with van der Waals surface area (Å²) in [5.41, 5.74) is 2.09. The number of anilines is 1. The summed E-state index contributed by atoms with van der Waals surface area (Å²) in [5.74, 6) is 1.14. The fourth-order valence-corrected chi connectivity index (χ4v) is 3.45. The van der Waals surface area contributed by atoms with Crippen molar-refractivity contribution >= 4 is 11.6 Å². The van der Waals surface area contributed by atoms with Crippen LogP contribution in [-0.2, 0) is 11.2 Å². The minimum atomic E-state index is -0.107. The van der Waals surface area contributed by atoms with Gasteiger partial charge in [0, 0.05) is 31.4 Å². The molecule has 2 aromatic heterocycles. The summed E-state index contributed by atoms with van der Waals surface area (Å²) in [5, 5.41) is 0. The SMILES string of the molecule is CCN(CC)C(=O)Cc1nc(-c2ccc(OCCN(CC)c3ccc[nH]c3=O)cc2)co1. The molecule has 0 aliphatic carbocycles. The van der Waals surface area contributed by atoms with Crippen molar-refractivity contribution in [3.63, 3.8) is 0 Å². The normalized spacial score (nSPS) is 10.7. The van der Waals surface area contributed by atoms with E-state index >= 15 is 0 Å². The van der Waals surface area contributed by atoms with Crippen molar-refractivity contribution in [3.05, 3.63) is 65.1 Å². The molecule has 0 radical (unpaired) electrons. The smallest absolute Gasteiger partial charge is 0.271 e. The number of hydrogen-bond acceptors (Lipinski definition) is 6. The predicted octanol–water partition coefficient (Wildman–Crippen LogP) is 3.35. The number of ether oxygens (including phenoxy) is 1. The van der Waals surface area contributed by atoms with Gasteiger partial charge in [-0.1, -0.05) is 0 Å². The van der Waals surface area contributed by atoms with Crippen molar-refractivity contribution in [2.24, 2.45) is 0 Å². The van der Waals surface area contributed by atoms with Crippen LogP contribution in [0.15, 0.2) is 58.1 Å². The summed E-state index contributed by atoms with van der Waals surface area (Å²) < 4.78 is 11.3. The van der Waals surface area contributed by atoms with Crippen LogP contribution in [0.4, 0.5) is 5.69 Å². The van der Waals surface area contributed by atoms with E-state index in [4.69, 9.17) is 9.15 Å². The molecule has 1 aromatic carbocycles. The van der Waals surface area contributed by atoms with Crippen LogP contribution in [0.3, 0.4) is 0 Å². The summed E-state index contributed by atoms with van der Waals surface area (Å²) in [6.07, 6.45) is 3.34. The molecule has 170 valence electrons. The van der Waals surface area contributed by atoms with Gasteiger partial charge in [0.2, 0.25) is 11.8 Å². The molecule has 3 rings (SSSR count). The van der Waals surface area contributed by atoms with Gasteiger partial charge >= 0.3 is 0 Å². The lowest BCUT2D eigenvalue weighted by Gasteiger charge is -2.22. The van der Waals surface area contributed by atoms with E-state index < -0.39 is 0 Å². The van der Waals surface area contributed by atoms with Crippen molar-refractivity contribution < 1.29 is 13.9 Å². The van der Waals surface area contributed by atoms with Crippen LogP contribution in [0.1, 0.15) is 26.7 Å². The van der Waals surface area contributed by atoms with Crippen LogP contribution in [0.5, 0.6) is 5.75 Å². The zero-order valence-electron chi connectivity index (χ0n) is 18.8. The maximum atomic E-state index is 12.2. The number of carbonyl (C=O) groups is 1. The molecule has 8 nitrogen and oxygen atoms in total. The van der Waals surface area contributed by atoms with Gasteiger partial charge in [0.1, 0.15) is 36.4 Å². The number of aromatic nitrogens is 2. The summed E-state index contributed by atoms with van der Waals surface area (Å²) in [4.78, 5) is 35.1. The maximum Gasteiger partial charge on any atom is 0.271 e. The van der Waals surface area contributed by atoms with Crippen LogP contribution >= 0.6 is 0 Å². The molecule has 1 N–H and O–H groups in total. The molecule has 0 unspecified atom stereocenters. The number of rotatable bonds is 11. The second kappa shape index (κ2) is 11.2. The van der Waals surface area contributed by atoms with Crippen LogP contribution in [0.2, 0.25) is 0 Å². The van der Waals surface area contributed by atoms with Crippen molar-refractivity contribution in [1.82, 2.24) is 14.9 Å². The quantitative estimate of drug-likeness (QED) is 0.494. The van der Waals surface area contributed by atoms with E-state index in [0.29, 0.717) is 50.1 Å². The Kier molecular flexibility index (Phi) is 8.08. The summed E-state index contributed by atoms with van der Waals surface area (Å²) in [6, 6.07) is 11.2. The van der Waals surface area contributed by atoms with Gasteiger partial charge in [-0.15, -0.1) is 0 Å². The number of amides is 1. The first kappa shape index (κ1) is 23.1. The average Bonchev–Trinajstić information content (AvgIpc) is 3.27. The molecular weight excluding hydrogens is 408 g/mol. The number of hydrogen-bond donors (Lipinski definition) is 1. The highest BCUT2D eigenvalue weighted by atomic mass is 16.5. The summed E-state index contributed by atoms with van der Waals surface area (Å²) >= 11 is 0. The Morgan fingerprint density at radius 1 is 1.09 bits per heavy atom. The molecule has 8 heteroatoms. The first-order valence-electron chi connectivity index (χ1n) is 10.9. The second-order valence-electron chi connectivity index (χ2n) is 7.21. The Balaban J connectivity index is 1.55. The standard InChI is InChI=1S/C24H30N4O4/c1-4-27(5-2)23(29)16-22-26-20(17-32-22)18-9-11-19(12-10-18)31-15-14-28(6-3)21-8-7-13-25-24(21)30/h7-13,17H,4-6,14-16H2,1-3H3,(H,25,30). The monoisotopic (exact) mass is 438 g/mol. The lowest BCUT2D eigenvalue weighted by molar-refractivity contribution is -0.130. The second-order valence-corrected chi connectivity index (χ2v) is 7.21. The van der Waals surface area contributed by atoms with Gasteiger partial charge in [0.05, 0.1) is 6.54 Å². The molecular formula is C24H30N4O4. The highest BCUT2D eigenvalue weighted by molar-refractivity contribution is 5.78. The fraction of sp³-hybridized carbons (Fsp3) is 0.375. The number of benzene rings is 1. The first-order valence-corrected chi connectivity index (χ1v) is 10.9. The topological polar surface area (TPSA) is 91.7 Å². The molecule has 0 aliphatic heterocycles. The number of carbonyl (C=O) groups excluding carboxylic acids is 1. The lowest BCUT2D eigenvalue weighted by Crippen LogP contribution is -2.32. The van der Waals surface area contributed by atoms with Crippen molar-refractivity contribution in [3.8, 4) is 17.0 Å². The lowest BCUT2D eigenvalue weighted by atomic mass is 10.2. The third-order valence-electron chi connectivity index (χ3n) is 5.27. The van der Waals surface area contributed by atoms with E-state index in [-0.39, 0.29) is 17.9 Å². The van der Waals surface area contributed by atoms with E-state index in [1.54, 1.807) is 23.4 Å². The number of nitrogens with zero attached hydrogens (tertiary/aromatic N) is 3. The molecule has 0 saturated carbocycles. The van der Waals surface area contributed by atoms with Gasteiger partial charge in [-0.2, -0.15) is 0 Å². The molecule has 2 heterocycles. The van der Waals surface area contributed by atoms with Crippen LogP contribution in [-0.4, -0.2) is 53.6 Å². The number of H-pyrrole nitrogens is 1. The van der Waals surface area contributed by atoms with Crippen molar-refractivity contribution in [1.29, 1.82) is 0 Å². The van der Waals surface area contributed by atoms with Gasteiger partial charge in [0.15, 0.2) is 0 Å².